The molecule has 6 heteroatoms. The summed E-state index contributed by atoms with van der Waals surface area (Å²) in [7, 11) is 0. The molecule has 0 aliphatic rings. The van der Waals surface area contributed by atoms with Gasteiger partial charge in [-0.25, -0.2) is 4.98 Å². The maximum atomic E-state index is 10.6. The molecule has 90 valence electrons. The van der Waals surface area contributed by atoms with E-state index in [1.54, 1.807) is 18.2 Å². The van der Waals surface area contributed by atoms with E-state index in [1.165, 1.54) is 6.39 Å². The maximum Gasteiger partial charge on any atom is 0.320 e. The number of fused-ring (bicyclic) bond motifs is 1. The Bertz CT molecular complexity index is 537. The fraction of sp³-hybridized carbons (Fsp3) is 0.273. The molecule has 0 saturated carbocycles. The van der Waals surface area contributed by atoms with Gasteiger partial charge < -0.3 is 21.0 Å². The van der Waals surface area contributed by atoms with Crippen molar-refractivity contribution in [3.8, 4) is 0 Å². The van der Waals surface area contributed by atoms with Crippen molar-refractivity contribution < 1.29 is 14.3 Å². The number of oxazole rings is 1. The minimum Gasteiger partial charge on any atom is -0.480 e. The zero-order valence-electron chi connectivity index (χ0n) is 9.04. The van der Waals surface area contributed by atoms with Gasteiger partial charge in [0.15, 0.2) is 12.0 Å². The number of rotatable bonds is 4. The SMILES string of the molecule is NC(CC(N)c1ccc2ncoc2c1)C(=O)O. The number of benzene rings is 1. The largest absolute Gasteiger partial charge is 0.480 e. The number of aromatic nitrogens is 1. The van der Waals surface area contributed by atoms with Gasteiger partial charge in [0, 0.05) is 6.04 Å². The van der Waals surface area contributed by atoms with Gasteiger partial charge in [-0.2, -0.15) is 0 Å². The van der Waals surface area contributed by atoms with Crippen molar-refractivity contribution >= 4 is 17.1 Å². The van der Waals surface area contributed by atoms with Gasteiger partial charge in [0.05, 0.1) is 0 Å². The van der Waals surface area contributed by atoms with Gasteiger partial charge in [0.2, 0.25) is 0 Å². The summed E-state index contributed by atoms with van der Waals surface area (Å²) < 4.78 is 5.15. The molecule has 17 heavy (non-hydrogen) atoms. The summed E-state index contributed by atoms with van der Waals surface area (Å²) in [5, 5.41) is 8.71. The van der Waals surface area contributed by atoms with Crippen LogP contribution in [0, 0.1) is 0 Å². The molecule has 0 saturated heterocycles. The Balaban J connectivity index is 2.18. The van der Waals surface area contributed by atoms with Crippen LogP contribution in [0.5, 0.6) is 0 Å². The lowest BCUT2D eigenvalue weighted by atomic mass is 10.0. The third-order valence-electron chi connectivity index (χ3n) is 2.61. The number of aliphatic carboxylic acids is 1. The summed E-state index contributed by atoms with van der Waals surface area (Å²) in [5.41, 5.74) is 13.5. The Hall–Kier alpha value is -1.92. The lowest BCUT2D eigenvalue weighted by Crippen LogP contribution is -2.33. The van der Waals surface area contributed by atoms with Crippen LogP contribution in [0.4, 0.5) is 0 Å². The Morgan fingerprint density at radius 1 is 1.47 bits per heavy atom. The standard InChI is InChI=1S/C11H13N3O3/c12-7(4-8(13)11(15)16)6-1-2-9-10(3-6)17-5-14-9/h1-3,5,7-8H,4,12-13H2,(H,15,16). The van der Waals surface area contributed by atoms with E-state index in [4.69, 9.17) is 21.0 Å². The minimum atomic E-state index is -1.05. The Kier molecular flexibility index (Phi) is 3.08. The van der Waals surface area contributed by atoms with Crippen LogP contribution >= 0.6 is 0 Å². The monoisotopic (exact) mass is 235 g/mol. The first-order chi connectivity index (χ1) is 8.08. The summed E-state index contributed by atoms with van der Waals surface area (Å²) >= 11 is 0. The molecular formula is C11H13N3O3. The molecule has 0 aliphatic heterocycles. The first-order valence-electron chi connectivity index (χ1n) is 5.15. The molecule has 0 bridgehead atoms. The predicted molar refractivity (Wildman–Crippen MR) is 61.2 cm³/mol. The Labute approximate surface area is 97.2 Å². The lowest BCUT2D eigenvalue weighted by molar-refractivity contribution is -0.138. The lowest BCUT2D eigenvalue weighted by Gasteiger charge is -2.14. The molecule has 1 heterocycles. The summed E-state index contributed by atoms with van der Waals surface area (Å²) in [6.07, 6.45) is 1.53. The fourth-order valence-electron chi connectivity index (χ4n) is 1.61. The van der Waals surface area contributed by atoms with Gasteiger partial charge in [-0.1, -0.05) is 6.07 Å². The second kappa shape index (κ2) is 4.52. The molecular weight excluding hydrogens is 222 g/mol. The van der Waals surface area contributed by atoms with Gasteiger partial charge in [0.25, 0.3) is 0 Å². The zero-order chi connectivity index (χ0) is 12.4. The molecule has 2 unspecified atom stereocenters. The second-order valence-corrected chi connectivity index (χ2v) is 3.87. The molecule has 0 amide bonds. The first-order valence-corrected chi connectivity index (χ1v) is 5.15. The van der Waals surface area contributed by atoms with E-state index in [9.17, 15) is 4.79 Å². The van der Waals surface area contributed by atoms with E-state index >= 15 is 0 Å². The Morgan fingerprint density at radius 2 is 2.24 bits per heavy atom. The Morgan fingerprint density at radius 3 is 2.94 bits per heavy atom. The molecule has 2 aromatic rings. The summed E-state index contributed by atoms with van der Waals surface area (Å²) in [4.78, 5) is 14.6. The average molecular weight is 235 g/mol. The highest BCUT2D eigenvalue weighted by Gasteiger charge is 2.17. The summed E-state index contributed by atoms with van der Waals surface area (Å²) in [6.45, 7) is 0. The molecule has 0 fully saturated rings. The van der Waals surface area contributed by atoms with Crippen molar-refractivity contribution in [2.75, 3.05) is 0 Å². The van der Waals surface area contributed by atoms with Crippen molar-refractivity contribution in [1.82, 2.24) is 4.98 Å². The number of hydrogen-bond donors (Lipinski definition) is 3. The quantitative estimate of drug-likeness (QED) is 0.715. The highest BCUT2D eigenvalue weighted by molar-refractivity contribution is 5.74. The minimum absolute atomic E-state index is 0.176. The number of carboxylic acid groups (broad SMARTS) is 1. The number of nitrogens with zero attached hydrogens (tertiary/aromatic N) is 1. The van der Waals surface area contributed by atoms with Crippen LogP contribution in [0.1, 0.15) is 18.0 Å². The number of nitrogens with two attached hydrogens (primary N) is 2. The second-order valence-electron chi connectivity index (χ2n) is 3.87. The summed E-state index contributed by atoms with van der Waals surface area (Å²) in [6, 6.07) is 3.93. The zero-order valence-corrected chi connectivity index (χ0v) is 9.04. The van der Waals surface area contributed by atoms with Crippen molar-refractivity contribution in [3.63, 3.8) is 0 Å². The van der Waals surface area contributed by atoms with E-state index < -0.39 is 18.1 Å². The maximum absolute atomic E-state index is 10.6. The van der Waals surface area contributed by atoms with Crippen LogP contribution < -0.4 is 11.5 Å². The molecule has 1 aromatic carbocycles. The van der Waals surface area contributed by atoms with Crippen molar-refractivity contribution in [1.29, 1.82) is 0 Å². The van der Waals surface area contributed by atoms with E-state index in [-0.39, 0.29) is 6.42 Å². The van der Waals surface area contributed by atoms with E-state index in [2.05, 4.69) is 4.98 Å². The van der Waals surface area contributed by atoms with Gasteiger partial charge in [-0.05, 0) is 24.1 Å². The van der Waals surface area contributed by atoms with Crippen LogP contribution in [-0.4, -0.2) is 22.1 Å². The fourth-order valence-corrected chi connectivity index (χ4v) is 1.61. The van der Waals surface area contributed by atoms with Crippen molar-refractivity contribution in [3.05, 3.63) is 30.2 Å². The van der Waals surface area contributed by atoms with E-state index in [1.807, 2.05) is 0 Å². The van der Waals surface area contributed by atoms with Gasteiger partial charge in [-0.3, -0.25) is 4.79 Å². The predicted octanol–water partition coefficient (Wildman–Crippen LogP) is 0.630. The van der Waals surface area contributed by atoms with Crippen LogP contribution in [0.2, 0.25) is 0 Å². The van der Waals surface area contributed by atoms with Gasteiger partial charge in [0.1, 0.15) is 11.6 Å². The third kappa shape index (κ3) is 2.43. The van der Waals surface area contributed by atoms with Crippen molar-refractivity contribution in [2.24, 2.45) is 11.5 Å². The van der Waals surface area contributed by atoms with Crippen LogP contribution in [-0.2, 0) is 4.79 Å². The first kappa shape index (κ1) is 11.6. The molecule has 0 spiro atoms. The van der Waals surface area contributed by atoms with E-state index in [0.29, 0.717) is 5.58 Å². The van der Waals surface area contributed by atoms with Gasteiger partial charge in [-0.15, -0.1) is 0 Å². The normalized spacial score (nSPS) is 14.7. The molecule has 2 atom stereocenters. The molecule has 0 aliphatic carbocycles. The smallest absolute Gasteiger partial charge is 0.320 e. The van der Waals surface area contributed by atoms with Crippen LogP contribution in [0.15, 0.2) is 29.0 Å². The summed E-state index contributed by atoms with van der Waals surface area (Å²) in [5.74, 6) is -1.05. The molecule has 6 nitrogen and oxygen atoms in total. The molecule has 2 rings (SSSR count). The van der Waals surface area contributed by atoms with Crippen LogP contribution in [0.3, 0.4) is 0 Å². The topological polar surface area (TPSA) is 115 Å². The molecule has 5 N–H and O–H groups in total. The highest BCUT2D eigenvalue weighted by atomic mass is 16.4. The number of carboxylic acids is 1. The third-order valence-corrected chi connectivity index (χ3v) is 2.61. The van der Waals surface area contributed by atoms with Crippen molar-refractivity contribution in [2.45, 2.75) is 18.5 Å². The van der Waals surface area contributed by atoms with E-state index in [0.717, 1.165) is 11.1 Å². The highest BCUT2D eigenvalue weighted by Crippen LogP contribution is 2.20. The molecule has 0 radical (unpaired) electrons. The average Bonchev–Trinajstić information content (AvgIpc) is 2.75. The number of carbonyl (C=O) groups is 1. The van der Waals surface area contributed by atoms with Crippen LogP contribution in [0.25, 0.3) is 11.1 Å². The van der Waals surface area contributed by atoms with Gasteiger partial charge >= 0.3 is 5.97 Å². The molecule has 1 aromatic heterocycles. The number of hydrogen-bond acceptors (Lipinski definition) is 5.